The largest absolute Gasteiger partial charge is 0.352 e. The zero-order chi connectivity index (χ0) is 45.8. The standard InChI is InChI=1S/C44H14Br16N4/c45-17-1-13(2-18(46)9-17)25-37-29(53)31(55)39(61-37)26(14-3-19(47)10-20(48)4-14)41-33(57)35(59)43(63-41)28(16-7-23(51)12-24(52)8-16)44-36(60)34(58)42(64-44)27(15-5-21(49)11-22(50)6-15)40-32(56)30(54)38(25)62-40/h1-12,61,64H. The summed E-state index contributed by atoms with van der Waals surface area (Å²) in [5, 5.41) is 0. The predicted octanol–water partition coefficient (Wildman–Crippen LogP) is 23.4. The molecule has 0 saturated heterocycles. The van der Waals surface area contributed by atoms with Gasteiger partial charge in [-0.15, -0.1) is 0 Å². The maximum absolute atomic E-state index is 5.62. The molecule has 0 unspecified atom stereocenters. The van der Waals surface area contributed by atoms with Crippen molar-refractivity contribution in [2.24, 2.45) is 0 Å². The highest BCUT2D eigenvalue weighted by molar-refractivity contribution is 9.19. The average molecular weight is 1880 g/mol. The third-order valence-corrected chi connectivity index (χ3v) is 22.0. The van der Waals surface area contributed by atoms with Crippen molar-refractivity contribution < 1.29 is 0 Å². The Balaban J connectivity index is 1.65. The van der Waals surface area contributed by atoms with E-state index in [1.54, 1.807) is 0 Å². The zero-order valence-electron chi connectivity index (χ0n) is 30.9. The molecule has 3 aromatic heterocycles. The van der Waals surface area contributed by atoms with Crippen LogP contribution in [0.4, 0.5) is 0 Å². The molecule has 0 radical (unpaired) electrons. The number of hydrogen-bond donors (Lipinski definition) is 2. The molecule has 0 fully saturated rings. The first-order valence-electron chi connectivity index (χ1n) is 17.8. The van der Waals surface area contributed by atoms with Gasteiger partial charge in [0, 0.05) is 58.0 Å². The molecule has 4 aromatic carbocycles. The summed E-state index contributed by atoms with van der Waals surface area (Å²) in [5.41, 5.74) is 12.7. The van der Waals surface area contributed by atoms with E-state index in [0.29, 0.717) is 22.8 Å². The molecule has 9 rings (SSSR count). The van der Waals surface area contributed by atoms with Crippen LogP contribution in [0.25, 0.3) is 84.5 Å². The Morgan fingerprint density at radius 1 is 0.250 bits per heavy atom. The number of fused-ring (bicyclic) bond motifs is 8. The van der Waals surface area contributed by atoms with Crippen molar-refractivity contribution in [1.82, 2.24) is 19.9 Å². The lowest BCUT2D eigenvalue weighted by atomic mass is 10.0. The van der Waals surface area contributed by atoms with E-state index in [9.17, 15) is 0 Å². The van der Waals surface area contributed by atoms with Gasteiger partial charge in [0.1, 0.15) is 0 Å². The van der Waals surface area contributed by atoms with Gasteiger partial charge in [0.2, 0.25) is 0 Å². The van der Waals surface area contributed by atoms with E-state index in [4.69, 9.17) is 9.97 Å². The van der Waals surface area contributed by atoms with Gasteiger partial charge in [-0.1, -0.05) is 127 Å². The Kier molecular flexibility index (Phi) is 15.7. The van der Waals surface area contributed by atoms with Gasteiger partial charge in [0.15, 0.2) is 0 Å². The van der Waals surface area contributed by atoms with E-state index in [0.717, 1.165) is 138 Å². The van der Waals surface area contributed by atoms with Gasteiger partial charge in [0.05, 0.1) is 80.7 Å². The molecule has 5 heterocycles. The number of aromatic nitrogens is 4. The molecule has 0 spiro atoms. The molecule has 2 aliphatic heterocycles. The van der Waals surface area contributed by atoms with E-state index in [1.165, 1.54) is 0 Å². The van der Waals surface area contributed by atoms with Crippen molar-refractivity contribution in [1.29, 1.82) is 0 Å². The molecule has 2 N–H and O–H groups in total. The molecule has 7 aromatic rings. The molecule has 0 aliphatic carbocycles. The lowest BCUT2D eigenvalue weighted by Gasteiger charge is -2.09. The van der Waals surface area contributed by atoms with Crippen LogP contribution in [0, 0.1) is 0 Å². The number of aromatic amines is 2. The van der Waals surface area contributed by atoms with Gasteiger partial charge in [-0.25, -0.2) is 9.97 Å². The number of rotatable bonds is 4. The summed E-state index contributed by atoms with van der Waals surface area (Å²) in [7, 11) is 0. The fraction of sp³-hybridized carbons (Fsp3) is 0. The highest BCUT2D eigenvalue weighted by Crippen LogP contribution is 2.54. The highest BCUT2D eigenvalue weighted by Gasteiger charge is 2.31. The summed E-state index contributed by atoms with van der Waals surface area (Å²) in [4.78, 5) is 19.0. The van der Waals surface area contributed by atoms with Crippen molar-refractivity contribution in [3.8, 4) is 44.5 Å². The molecule has 2 aliphatic rings. The van der Waals surface area contributed by atoms with Crippen LogP contribution in [-0.4, -0.2) is 19.9 Å². The first kappa shape index (κ1) is 50.1. The lowest BCUT2D eigenvalue weighted by Crippen LogP contribution is -1.92. The molecule has 0 amide bonds. The van der Waals surface area contributed by atoms with E-state index < -0.39 is 0 Å². The SMILES string of the molecule is BrC1=C(Br)c2nc1c(-c1cc(Br)cc(Br)c1)c1[nH]c(c(Br)c1Br)c(-c1cc(Br)cc(Br)c1)c1nc(c(-c3cc(Br)cc(Br)c3)c3[nH]c(c(Br)c3Br)c2-c2cc(Br)cc(Br)c2)C(Br)=C1Br. The number of H-pyrrole nitrogens is 2. The second kappa shape index (κ2) is 20.0. The van der Waals surface area contributed by atoms with Crippen LogP contribution in [0.2, 0.25) is 0 Å². The van der Waals surface area contributed by atoms with Crippen LogP contribution >= 0.6 is 255 Å². The molecule has 64 heavy (non-hydrogen) atoms. The third-order valence-electron chi connectivity index (χ3n) is 9.98. The van der Waals surface area contributed by atoms with Gasteiger partial charge in [0.25, 0.3) is 0 Å². The van der Waals surface area contributed by atoms with Crippen molar-refractivity contribution >= 4 is 295 Å². The minimum atomic E-state index is 0.684. The third kappa shape index (κ3) is 9.40. The molecule has 0 atom stereocenters. The summed E-state index contributed by atoms with van der Waals surface area (Å²) in [6.07, 6.45) is 0. The molecular formula is C44H14Br16N4. The number of hydrogen-bond acceptors (Lipinski definition) is 2. The number of nitrogens with one attached hydrogen (secondary N) is 2. The number of nitrogens with zero attached hydrogens (tertiary/aromatic N) is 2. The Morgan fingerprint density at radius 2 is 0.422 bits per heavy atom. The average Bonchev–Trinajstić information content (AvgIpc) is 3.86. The Labute approximate surface area is 500 Å². The van der Waals surface area contributed by atoms with E-state index >= 15 is 0 Å². The second-order valence-corrected chi connectivity index (χ2v) is 27.7. The van der Waals surface area contributed by atoms with Crippen LogP contribution in [-0.2, 0) is 0 Å². The molecule has 20 heteroatoms. The van der Waals surface area contributed by atoms with Gasteiger partial charge >= 0.3 is 0 Å². The van der Waals surface area contributed by atoms with E-state index in [2.05, 4.69) is 313 Å². The maximum atomic E-state index is 5.62. The smallest absolute Gasteiger partial charge is 0.0891 e. The Bertz CT molecular complexity index is 2950. The minimum absolute atomic E-state index is 0.684. The summed E-state index contributed by atoms with van der Waals surface area (Å²) in [6, 6.07) is 24.7. The Hall–Kier alpha value is 1.16. The van der Waals surface area contributed by atoms with Crippen LogP contribution in [0.1, 0.15) is 22.8 Å². The quantitative estimate of drug-likeness (QED) is 0.185. The fourth-order valence-corrected chi connectivity index (χ4v) is 16.5. The topological polar surface area (TPSA) is 57.4 Å². The van der Waals surface area contributed by atoms with Gasteiger partial charge in [-0.3, -0.25) is 0 Å². The van der Waals surface area contributed by atoms with Gasteiger partial charge in [-0.05, 0) is 222 Å². The Morgan fingerprint density at radius 3 is 0.594 bits per heavy atom. The van der Waals surface area contributed by atoms with Crippen molar-refractivity contribution in [2.45, 2.75) is 0 Å². The monoisotopic (exact) mass is 1860 g/mol. The fourth-order valence-electron chi connectivity index (χ4n) is 7.49. The molecule has 0 saturated carbocycles. The number of halogens is 16. The van der Waals surface area contributed by atoms with Crippen molar-refractivity contribution in [3.63, 3.8) is 0 Å². The molecule has 4 nitrogen and oxygen atoms in total. The normalized spacial score (nSPS) is 12.9. The summed E-state index contributed by atoms with van der Waals surface area (Å²) >= 11 is 62.7. The van der Waals surface area contributed by atoms with Crippen LogP contribution in [0.5, 0.6) is 0 Å². The summed E-state index contributed by atoms with van der Waals surface area (Å²) < 4.78 is 13.2. The first-order valence-corrected chi connectivity index (χ1v) is 30.5. The van der Waals surface area contributed by atoms with Crippen molar-refractivity contribution in [3.05, 3.63) is 149 Å². The summed E-state index contributed by atoms with van der Waals surface area (Å²) in [5.74, 6) is 0. The van der Waals surface area contributed by atoms with Crippen LogP contribution < -0.4 is 0 Å². The number of benzene rings is 4. The van der Waals surface area contributed by atoms with Gasteiger partial charge in [-0.2, -0.15) is 0 Å². The highest BCUT2D eigenvalue weighted by atomic mass is 79.9. The molecular weight excluding hydrogens is 1860 g/mol. The zero-order valence-corrected chi connectivity index (χ0v) is 56.2. The molecule has 322 valence electrons. The van der Waals surface area contributed by atoms with E-state index in [1.807, 2.05) is 24.3 Å². The molecule has 8 bridgehead atoms. The first-order chi connectivity index (χ1) is 30.3. The van der Waals surface area contributed by atoms with E-state index in [-0.39, 0.29) is 0 Å². The second-order valence-electron chi connectivity index (χ2n) is 14.0. The minimum Gasteiger partial charge on any atom is -0.352 e. The lowest BCUT2D eigenvalue weighted by molar-refractivity contribution is 1.30. The summed E-state index contributed by atoms with van der Waals surface area (Å²) in [6.45, 7) is 0. The predicted molar refractivity (Wildman–Crippen MR) is 324 cm³/mol. The van der Waals surface area contributed by atoms with Crippen molar-refractivity contribution in [2.75, 3.05) is 0 Å². The van der Waals surface area contributed by atoms with Gasteiger partial charge < -0.3 is 9.97 Å². The van der Waals surface area contributed by atoms with Crippen LogP contribution in [0.15, 0.2) is 126 Å². The maximum Gasteiger partial charge on any atom is 0.0891 e. The van der Waals surface area contributed by atoms with Crippen LogP contribution in [0.3, 0.4) is 0 Å².